The summed E-state index contributed by atoms with van der Waals surface area (Å²) in [6, 6.07) is 6.48. The van der Waals surface area contributed by atoms with Crippen LogP contribution in [0, 0.1) is 0 Å². The number of hydrogen-bond donors (Lipinski definition) is 4. The Labute approximate surface area is 158 Å². The molecule has 0 aromatic heterocycles. The van der Waals surface area contributed by atoms with Crippen LogP contribution >= 0.6 is 0 Å². The predicted octanol–water partition coefficient (Wildman–Crippen LogP) is 1.77. The van der Waals surface area contributed by atoms with Gasteiger partial charge < -0.3 is 25.4 Å². The molecule has 1 saturated heterocycles. The van der Waals surface area contributed by atoms with Crippen LogP contribution in [0.5, 0.6) is 5.75 Å². The predicted molar refractivity (Wildman–Crippen MR) is 100 cm³/mol. The summed E-state index contributed by atoms with van der Waals surface area (Å²) in [5, 5.41) is 29.2. The van der Waals surface area contributed by atoms with Gasteiger partial charge in [-0.05, 0) is 55.8 Å². The first-order valence-corrected chi connectivity index (χ1v) is 9.26. The van der Waals surface area contributed by atoms with E-state index >= 15 is 0 Å². The van der Waals surface area contributed by atoms with Crippen LogP contribution in [0.4, 0.5) is 0 Å². The average molecular weight is 377 g/mol. The number of piperidine rings is 1. The summed E-state index contributed by atoms with van der Waals surface area (Å²) in [5.74, 6) is -1.54. The summed E-state index contributed by atoms with van der Waals surface area (Å²) >= 11 is 0. The number of rotatable bonds is 6. The molecule has 3 rings (SSSR count). The van der Waals surface area contributed by atoms with Crippen molar-refractivity contribution in [3.63, 3.8) is 0 Å². The summed E-state index contributed by atoms with van der Waals surface area (Å²) in [5.41, 5.74) is 2.77. The number of aliphatic carboxylic acids is 2. The lowest BCUT2D eigenvalue weighted by molar-refractivity contribution is -0.134. The highest BCUT2D eigenvalue weighted by Crippen LogP contribution is 2.30. The number of aliphatic hydroxyl groups excluding tert-OH is 1. The minimum atomic E-state index is -1.26. The van der Waals surface area contributed by atoms with Crippen molar-refractivity contribution in [2.24, 2.45) is 0 Å². The van der Waals surface area contributed by atoms with Crippen molar-refractivity contribution in [1.29, 1.82) is 0 Å². The Kier molecular flexibility index (Phi) is 8.29. The molecular weight excluding hydrogens is 350 g/mol. The molecule has 1 aliphatic heterocycles. The maximum atomic E-state index is 10.2. The fraction of sp³-hybridized carbons (Fsp3) is 0.500. The number of ether oxygens (including phenoxy) is 1. The number of carboxylic acid groups (broad SMARTS) is 2. The van der Waals surface area contributed by atoms with Gasteiger partial charge in [0.25, 0.3) is 0 Å². The van der Waals surface area contributed by atoms with Gasteiger partial charge in [0, 0.05) is 18.2 Å². The first kappa shape index (κ1) is 20.9. The van der Waals surface area contributed by atoms with Crippen molar-refractivity contribution in [3.8, 4) is 5.75 Å². The zero-order valence-corrected chi connectivity index (χ0v) is 15.3. The summed E-state index contributed by atoms with van der Waals surface area (Å²) in [6.07, 6.45) is 7.69. The number of nitrogens with one attached hydrogen (secondary N) is 1. The quantitative estimate of drug-likeness (QED) is 0.558. The molecule has 7 nitrogen and oxygen atoms in total. The Bertz CT molecular complexity index is 650. The van der Waals surface area contributed by atoms with Crippen LogP contribution < -0.4 is 10.1 Å². The van der Waals surface area contributed by atoms with Gasteiger partial charge in [0.1, 0.15) is 18.5 Å². The average Bonchev–Trinajstić information content (AvgIpc) is 3.15. The van der Waals surface area contributed by atoms with E-state index in [0.29, 0.717) is 18.8 Å². The Hall–Kier alpha value is -2.38. The molecule has 1 aliphatic carbocycles. The molecule has 1 aromatic rings. The molecule has 0 amide bonds. The van der Waals surface area contributed by atoms with Crippen LogP contribution in [0.15, 0.2) is 30.4 Å². The van der Waals surface area contributed by atoms with Gasteiger partial charge in [-0.1, -0.05) is 18.6 Å². The first-order valence-electron chi connectivity index (χ1n) is 9.26. The Morgan fingerprint density at radius 3 is 2.52 bits per heavy atom. The molecule has 1 aromatic carbocycles. The second-order valence-electron chi connectivity index (χ2n) is 6.69. The zero-order valence-electron chi connectivity index (χ0n) is 15.3. The molecular formula is C20H27NO6. The molecule has 0 radical (unpaired) electrons. The lowest BCUT2D eigenvalue weighted by Gasteiger charge is -2.28. The molecule has 1 heterocycles. The third-order valence-electron chi connectivity index (χ3n) is 4.69. The Balaban J connectivity index is 0.000000279. The first-order chi connectivity index (χ1) is 13.0. The minimum absolute atomic E-state index is 0.200. The molecule has 0 spiro atoms. The topological polar surface area (TPSA) is 116 Å². The van der Waals surface area contributed by atoms with Crippen LogP contribution in [0.25, 0.3) is 0 Å². The highest BCUT2D eigenvalue weighted by Gasteiger charge is 2.22. The van der Waals surface area contributed by atoms with Gasteiger partial charge in [-0.25, -0.2) is 9.59 Å². The highest BCUT2D eigenvalue weighted by molar-refractivity contribution is 5.89. The van der Waals surface area contributed by atoms with Crippen molar-refractivity contribution < 1.29 is 29.6 Å². The van der Waals surface area contributed by atoms with E-state index in [-0.39, 0.29) is 6.04 Å². The zero-order chi connectivity index (χ0) is 19.6. The van der Waals surface area contributed by atoms with Crippen molar-refractivity contribution >= 4 is 11.9 Å². The summed E-state index contributed by atoms with van der Waals surface area (Å²) in [4.78, 5) is 19.1. The molecule has 2 unspecified atom stereocenters. The van der Waals surface area contributed by atoms with E-state index in [9.17, 15) is 14.7 Å². The molecule has 0 saturated carbocycles. The normalized spacial score (nSPS) is 19.7. The maximum absolute atomic E-state index is 10.2. The van der Waals surface area contributed by atoms with Gasteiger partial charge in [-0.2, -0.15) is 0 Å². The van der Waals surface area contributed by atoms with Gasteiger partial charge >= 0.3 is 11.9 Å². The van der Waals surface area contributed by atoms with E-state index in [0.717, 1.165) is 25.1 Å². The molecule has 4 N–H and O–H groups in total. The third-order valence-corrected chi connectivity index (χ3v) is 4.69. The third kappa shape index (κ3) is 7.03. The Morgan fingerprint density at radius 2 is 1.89 bits per heavy atom. The SMILES string of the molecule is O=C(O)/C=C/C(=O)O.OC(COc1cccc2c1CCC2)C1CCCCN1. The fourth-order valence-electron chi connectivity index (χ4n) is 3.36. The van der Waals surface area contributed by atoms with Crippen molar-refractivity contribution in [1.82, 2.24) is 5.32 Å². The second kappa shape index (κ2) is 10.7. The minimum Gasteiger partial charge on any atom is -0.491 e. The van der Waals surface area contributed by atoms with Gasteiger partial charge in [0.05, 0.1) is 0 Å². The van der Waals surface area contributed by atoms with Crippen molar-refractivity contribution in [2.45, 2.75) is 50.7 Å². The van der Waals surface area contributed by atoms with E-state index in [1.165, 1.54) is 36.8 Å². The fourth-order valence-corrected chi connectivity index (χ4v) is 3.36. The number of aryl methyl sites for hydroxylation is 1. The maximum Gasteiger partial charge on any atom is 0.328 e. The second-order valence-corrected chi connectivity index (χ2v) is 6.69. The molecule has 148 valence electrons. The number of carboxylic acids is 2. The summed E-state index contributed by atoms with van der Waals surface area (Å²) in [7, 11) is 0. The van der Waals surface area contributed by atoms with Gasteiger partial charge in [-0.3, -0.25) is 0 Å². The number of hydrogen-bond acceptors (Lipinski definition) is 5. The molecule has 2 atom stereocenters. The highest BCUT2D eigenvalue weighted by atomic mass is 16.5. The molecule has 2 aliphatic rings. The molecule has 7 heteroatoms. The van der Waals surface area contributed by atoms with Crippen molar-refractivity contribution in [2.75, 3.05) is 13.2 Å². The Morgan fingerprint density at radius 1 is 1.15 bits per heavy atom. The van der Waals surface area contributed by atoms with Crippen molar-refractivity contribution in [3.05, 3.63) is 41.5 Å². The van der Waals surface area contributed by atoms with Crippen LogP contribution in [0.2, 0.25) is 0 Å². The number of aliphatic hydroxyl groups is 1. The van der Waals surface area contributed by atoms with E-state index in [4.69, 9.17) is 14.9 Å². The van der Waals surface area contributed by atoms with Crippen LogP contribution in [0.1, 0.15) is 36.8 Å². The lowest BCUT2D eigenvalue weighted by atomic mass is 10.0. The standard InChI is InChI=1S/C16H23NO2.C4H4O4/c18-15(14-8-1-2-10-17-14)11-19-16-9-4-6-12-5-3-7-13(12)16;5-3(6)1-2-4(7)8/h4,6,9,14-15,17-18H,1-3,5,7-8,10-11H2;1-2H,(H,5,6)(H,7,8)/b;2-1+. The van der Waals surface area contributed by atoms with Crippen LogP contribution in [-0.4, -0.2) is 52.6 Å². The molecule has 27 heavy (non-hydrogen) atoms. The monoisotopic (exact) mass is 377 g/mol. The largest absolute Gasteiger partial charge is 0.491 e. The smallest absolute Gasteiger partial charge is 0.328 e. The molecule has 1 fully saturated rings. The van der Waals surface area contributed by atoms with E-state index in [2.05, 4.69) is 17.4 Å². The summed E-state index contributed by atoms with van der Waals surface area (Å²) < 4.78 is 5.87. The van der Waals surface area contributed by atoms with Crippen LogP contribution in [0.3, 0.4) is 0 Å². The van der Waals surface area contributed by atoms with E-state index in [1.807, 2.05) is 6.07 Å². The molecule has 0 bridgehead atoms. The number of carbonyl (C=O) groups is 2. The van der Waals surface area contributed by atoms with Gasteiger partial charge in [0.2, 0.25) is 0 Å². The number of fused-ring (bicyclic) bond motifs is 1. The summed E-state index contributed by atoms with van der Waals surface area (Å²) in [6.45, 7) is 1.41. The van der Waals surface area contributed by atoms with E-state index in [1.54, 1.807) is 0 Å². The lowest BCUT2D eigenvalue weighted by Crippen LogP contribution is -2.45. The van der Waals surface area contributed by atoms with Gasteiger partial charge in [-0.15, -0.1) is 0 Å². The van der Waals surface area contributed by atoms with Gasteiger partial charge in [0.15, 0.2) is 0 Å². The van der Waals surface area contributed by atoms with Crippen LogP contribution in [-0.2, 0) is 22.4 Å². The number of benzene rings is 1. The van der Waals surface area contributed by atoms with E-state index < -0.39 is 18.0 Å².